The molecule has 5 nitrogen and oxygen atoms in total. The van der Waals surface area contributed by atoms with Crippen LogP contribution in [-0.2, 0) is 6.54 Å². The van der Waals surface area contributed by atoms with Crippen molar-refractivity contribution in [1.29, 1.82) is 0 Å². The molecule has 3 aromatic rings. The Morgan fingerprint density at radius 1 is 1.15 bits per heavy atom. The van der Waals surface area contributed by atoms with Crippen molar-refractivity contribution < 1.29 is 4.74 Å². The number of ether oxygens (including phenoxy) is 1. The van der Waals surface area contributed by atoms with Gasteiger partial charge in [-0.15, -0.1) is 0 Å². The van der Waals surface area contributed by atoms with Crippen molar-refractivity contribution in [3.63, 3.8) is 0 Å². The summed E-state index contributed by atoms with van der Waals surface area (Å²) in [7, 11) is 1.76. The Morgan fingerprint density at radius 2 is 1.96 bits per heavy atom. The van der Waals surface area contributed by atoms with E-state index in [4.69, 9.17) is 9.72 Å². The van der Waals surface area contributed by atoms with Gasteiger partial charge in [0.2, 0.25) is 0 Å². The third-order valence-electron chi connectivity index (χ3n) is 5.43. The number of fused-ring (bicyclic) bond motifs is 1. The van der Waals surface area contributed by atoms with Gasteiger partial charge in [-0.2, -0.15) is 5.10 Å². The zero-order valence-electron chi connectivity index (χ0n) is 15.8. The van der Waals surface area contributed by atoms with Crippen molar-refractivity contribution in [3.8, 4) is 16.9 Å². The van der Waals surface area contributed by atoms with E-state index >= 15 is 0 Å². The number of pyridine rings is 2. The smallest absolute Gasteiger partial charge is 0.158 e. The summed E-state index contributed by atoms with van der Waals surface area (Å²) in [5, 5.41) is 5.60. The first-order valence-electron chi connectivity index (χ1n) is 9.58. The molecule has 0 aromatic carbocycles. The molecule has 3 aromatic heterocycles. The van der Waals surface area contributed by atoms with E-state index in [1.165, 1.54) is 32.1 Å². The van der Waals surface area contributed by atoms with Crippen molar-refractivity contribution >= 4 is 11.0 Å². The van der Waals surface area contributed by atoms with Gasteiger partial charge in [-0.05, 0) is 38.3 Å². The zero-order chi connectivity index (χ0) is 18.1. The minimum absolute atomic E-state index is 0.458. The highest BCUT2D eigenvalue weighted by Gasteiger charge is 2.26. The Kier molecular flexibility index (Phi) is 4.62. The van der Waals surface area contributed by atoms with Crippen LogP contribution in [0.1, 0.15) is 56.2 Å². The van der Waals surface area contributed by atoms with Gasteiger partial charge >= 0.3 is 0 Å². The highest BCUT2D eigenvalue weighted by atomic mass is 16.5. The molecular weight excluding hydrogens is 324 g/mol. The second-order valence-corrected chi connectivity index (χ2v) is 7.19. The van der Waals surface area contributed by atoms with Crippen LogP contribution >= 0.6 is 0 Å². The molecule has 0 radical (unpaired) electrons. The third-order valence-corrected chi connectivity index (χ3v) is 5.43. The van der Waals surface area contributed by atoms with Crippen LogP contribution in [0.2, 0.25) is 0 Å². The molecule has 0 amide bonds. The lowest BCUT2D eigenvalue weighted by Gasteiger charge is -2.24. The predicted octanol–water partition coefficient (Wildman–Crippen LogP) is 4.88. The van der Waals surface area contributed by atoms with E-state index in [-0.39, 0.29) is 0 Å². The van der Waals surface area contributed by atoms with Crippen molar-refractivity contribution in [3.05, 3.63) is 35.9 Å². The fourth-order valence-electron chi connectivity index (χ4n) is 4.16. The van der Waals surface area contributed by atoms with E-state index in [2.05, 4.69) is 30.0 Å². The second-order valence-electron chi connectivity index (χ2n) is 7.19. The zero-order valence-corrected chi connectivity index (χ0v) is 15.8. The molecule has 5 heteroatoms. The summed E-state index contributed by atoms with van der Waals surface area (Å²) in [5.74, 6) is 1.35. The van der Waals surface area contributed by atoms with E-state index in [1.807, 2.05) is 23.3 Å². The minimum atomic E-state index is 0.458. The first kappa shape index (κ1) is 17.0. The van der Waals surface area contributed by atoms with E-state index in [9.17, 15) is 0 Å². The van der Waals surface area contributed by atoms with Crippen LogP contribution in [0.5, 0.6) is 5.75 Å². The molecule has 1 saturated carbocycles. The standard InChI is InChI=1S/C21H26N4O/c1-4-25-21-17(13-23-25)18(16-10-14(2)11-22-12-16)20(26-3)19(24-21)15-8-6-5-7-9-15/h10-13,15H,4-9H2,1-3H3. The lowest BCUT2D eigenvalue weighted by atomic mass is 9.85. The maximum absolute atomic E-state index is 5.95. The van der Waals surface area contributed by atoms with Crippen LogP contribution in [0.15, 0.2) is 24.7 Å². The molecule has 0 spiro atoms. The van der Waals surface area contributed by atoms with Gasteiger partial charge < -0.3 is 4.74 Å². The molecule has 0 unspecified atom stereocenters. The van der Waals surface area contributed by atoms with Crippen molar-refractivity contribution in [1.82, 2.24) is 19.7 Å². The minimum Gasteiger partial charge on any atom is -0.494 e. The number of aromatic nitrogens is 4. The van der Waals surface area contributed by atoms with Crippen LogP contribution in [0.4, 0.5) is 0 Å². The molecule has 0 saturated heterocycles. The summed E-state index contributed by atoms with van der Waals surface area (Å²) in [6.45, 7) is 4.98. The maximum Gasteiger partial charge on any atom is 0.158 e. The normalized spacial score (nSPS) is 15.5. The first-order chi connectivity index (χ1) is 12.7. The maximum atomic E-state index is 5.95. The molecule has 3 heterocycles. The van der Waals surface area contributed by atoms with Crippen molar-refractivity contribution in [2.75, 3.05) is 7.11 Å². The number of nitrogens with zero attached hydrogens (tertiary/aromatic N) is 4. The molecular formula is C21H26N4O. The molecule has 0 bridgehead atoms. The molecule has 1 fully saturated rings. The van der Waals surface area contributed by atoms with Gasteiger partial charge in [-0.1, -0.05) is 19.3 Å². The molecule has 1 aliphatic carbocycles. The lowest BCUT2D eigenvalue weighted by Crippen LogP contribution is -2.10. The van der Waals surface area contributed by atoms with E-state index in [0.717, 1.165) is 45.7 Å². The fraction of sp³-hybridized carbons (Fsp3) is 0.476. The molecule has 0 aliphatic heterocycles. The number of methoxy groups -OCH3 is 1. The lowest BCUT2D eigenvalue weighted by molar-refractivity contribution is 0.383. The van der Waals surface area contributed by atoms with Gasteiger partial charge in [0.1, 0.15) is 5.75 Å². The number of hydrogen-bond donors (Lipinski definition) is 0. The topological polar surface area (TPSA) is 52.8 Å². The Balaban J connectivity index is 2.02. The molecule has 1 aliphatic rings. The van der Waals surface area contributed by atoms with Crippen LogP contribution in [-0.4, -0.2) is 26.9 Å². The summed E-state index contributed by atoms with van der Waals surface area (Å²) in [6.07, 6.45) is 11.9. The SMILES string of the molecule is CCn1ncc2c(-c3cncc(C)c3)c(OC)c(C3CCCCC3)nc21. The molecule has 26 heavy (non-hydrogen) atoms. The molecule has 0 N–H and O–H groups in total. The van der Waals surface area contributed by atoms with Gasteiger partial charge in [0.05, 0.1) is 24.4 Å². The predicted molar refractivity (Wildman–Crippen MR) is 104 cm³/mol. The van der Waals surface area contributed by atoms with Crippen LogP contribution in [0, 0.1) is 6.92 Å². The fourth-order valence-corrected chi connectivity index (χ4v) is 4.16. The van der Waals surface area contributed by atoms with E-state index in [0.29, 0.717) is 5.92 Å². The second kappa shape index (κ2) is 7.06. The monoisotopic (exact) mass is 350 g/mol. The van der Waals surface area contributed by atoms with Gasteiger partial charge in [-0.25, -0.2) is 9.67 Å². The van der Waals surface area contributed by atoms with Crippen molar-refractivity contribution in [2.45, 2.75) is 58.4 Å². The average molecular weight is 350 g/mol. The van der Waals surface area contributed by atoms with Gasteiger partial charge in [0, 0.05) is 36.0 Å². The van der Waals surface area contributed by atoms with Crippen LogP contribution in [0.3, 0.4) is 0 Å². The average Bonchev–Trinajstić information content (AvgIpc) is 3.09. The molecule has 136 valence electrons. The van der Waals surface area contributed by atoms with Crippen LogP contribution < -0.4 is 4.74 Å². The summed E-state index contributed by atoms with van der Waals surface area (Å²) in [5.41, 5.74) is 5.32. The highest BCUT2D eigenvalue weighted by Crippen LogP contribution is 2.44. The summed E-state index contributed by atoms with van der Waals surface area (Å²) >= 11 is 0. The Labute approximate surface area is 154 Å². The number of rotatable bonds is 4. The third kappa shape index (κ3) is 2.85. The summed E-state index contributed by atoms with van der Waals surface area (Å²) in [6, 6.07) is 2.16. The van der Waals surface area contributed by atoms with Gasteiger partial charge in [0.25, 0.3) is 0 Å². The van der Waals surface area contributed by atoms with E-state index < -0.39 is 0 Å². The molecule has 4 rings (SSSR count). The Bertz CT molecular complexity index is 925. The Hall–Kier alpha value is -2.43. The van der Waals surface area contributed by atoms with Crippen molar-refractivity contribution in [2.24, 2.45) is 0 Å². The summed E-state index contributed by atoms with van der Waals surface area (Å²) < 4.78 is 7.93. The first-order valence-corrected chi connectivity index (χ1v) is 9.58. The summed E-state index contributed by atoms with van der Waals surface area (Å²) in [4.78, 5) is 9.47. The van der Waals surface area contributed by atoms with E-state index in [1.54, 1.807) is 7.11 Å². The number of aryl methyl sites for hydroxylation is 2. The van der Waals surface area contributed by atoms with Gasteiger partial charge in [0.15, 0.2) is 5.65 Å². The van der Waals surface area contributed by atoms with Gasteiger partial charge in [-0.3, -0.25) is 4.98 Å². The Morgan fingerprint density at radius 3 is 2.65 bits per heavy atom. The van der Waals surface area contributed by atoms with Crippen LogP contribution in [0.25, 0.3) is 22.2 Å². The molecule has 0 atom stereocenters. The quantitative estimate of drug-likeness (QED) is 0.673. The number of hydrogen-bond acceptors (Lipinski definition) is 4. The largest absolute Gasteiger partial charge is 0.494 e. The highest BCUT2D eigenvalue weighted by molar-refractivity contribution is 5.96.